The van der Waals surface area contributed by atoms with E-state index in [1.54, 1.807) is 12.1 Å². The number of ether oxygens (including phenoxy) is 1. The molecule has 0 aliphatic carbocycles. The van der Waals surface area contributed by atoms with Crippen molar-refractivity contribution in [1.29, 1.82) is 0 Å². The van der Waals surface area contributed by atoms with Crippen LogP contribution in [0.4, 0.5) is 0 Å². The van der Waals surface area contributed by atoms with Gasteiger partial charge in [0.2, 0.25) is 0 Å². The molecular weight excluding hydrogens is 252 g/mol. The van der Waals surface area contributed by atoms with Gasteiger partial charge in [0.05, 0.1) is 0 Å². The fourth-order valence-electron chi connectivity index (χ4n) is 1.95. The van der Waals surface area contributed by atoms with Crippen molar-refractivity contribution < 1.29 is 9.94 Å². The third-order valence-electron chi connectivity index (χ3n) is 3.30. The highest BCUT2D eigenvalue weighted by Gasteiger charge is 2.06. The van der Waals surface area contributed by atoms with Crippen LogP contribution in [0.5, 0.6) is 11.5 Å². The molecule has 3 N–H and O–H groups in total. The number of benzene rings is 2. The maximum atomic E-state index is 8.71. The van der Waals surface area contributed by atoms with Crippen LogP contribution in [0.15, 0.2) is 41.6 Å². The molecule has 0 heterocycles. The molecule has 0 fully saturated rings. The first-order valence-corrected chi connectivity index (χ1v) is 6.35. The lowest BCUT2D eigenvalue weighted by Gasteiger charge is -2.10. The van der Waals surface area contributed by atoms with Gasteiger partial charge in [0.25, 0.3) is 0 Å². The Labute approximate surface area is 118 Å². The van der Waals surface area contributed by atoms with Crippen LogP contribution >= 0.6 is 0 Å². The Balaban J connectivity index is 2.26. The summed E-state index contributed by atoms with van der Waals surface area (Å²) in [5.74, 6) is 1.62. The minimum absolute atomic E-state index is 0.0974. The summed E-state index contributed by atoms with van der Waals surface area (Å²) < 4.78 is 5.82. The third kappa shape index (κ3) is 2.91. The van der Waals surface area contributed by atoms with Crippen LogP contribution < -0.4 is 10.5 Å². The van der Waals surface area contributed by atoms with Gasteiger partial charge in [-0.05, 0) is 67.8 Å². The molecular formula is C16H18N2O2. The minimum atomic E-state index is 0.0974. The zero-order chi connectivity index (χ0) is 14.7. The van der Waals surface area contributed by atoms with Crippen LogP contribution in [-0.2, 0) is 0 Å². The molecule has 0 radical (unpaired) electrons. The van der Waals surface area contributed by atoms with E-state index in [1.165, 1.54) is 11.1 Å². The smallest absolute Gasteiger partial charge is 0.170 e. The fraction of sp³-hybridized carbons (Fsp3) is 0.188. The van der Waals surface area contributed by atoms with Crippen LogP contribution in [0.1, 0.15) is 22.3 Å². The Kier molecular flexibility index (Phi) is 3.94. The van der Waals surface area contributed by atoms with Gasteiger partial charge < -0.3 is 15.7 Å². The normalized spacial score (nSPS) is 11.4. The molecule has 0 spiro atoms. The van der Waals surface area contributed by atoms with Crippen LogP contribution in [0.25, 0.3) is 0 Å². The predicted octanol–water partition coefficient (Wildman–Crippen LogP) is 3.50. The summed E-state index contributed by atoms with van der Waals surface area (Å²) in [6.45, 7) is 6.00. The van der Waals surface area contributed by atoms with Crippen molar-refractivity contribution in [3.63, 3.8) is 0 Å². The van der Waals surface area contributed by atoms with Crippen molar-refractivity contribution in [1.82, 2.24) is 0 Å². The number of rotatable bonds is 3. The number of hydrogen-bond donors (Lipinski definition) is 2. The maximum Gasteiger partial charge on any atom is 0.170 e. The van der Waals surface area contributed by atoms with Gasteiger partial charge in [0.15, 0.2) is 5.84 Å². The van der Waals surface area contributed by atoms with Crippen molar-refractivity contribution in [2.24, 2.45) is 10.9 Å². The predicted molar refractivity (Wildman–Crippen MR) is 79.7 cm³/mol. The summed E-state index contributed by atoms with van der Waals surface area (Å²) in [4.78, 5) is 0. The summed E-state index contributed by atoms with van der Waals surface area (Å²) in [6, 6.07) is 11.4. The number of aryl methyl sites for hydroxylation is 3. The van der Waals surface area contributed by atoms with E-state index in [4.69, 9.17) is 15.7 Å². The molecule has 0 aromatic heterocycles. The average Bonchev–Trinajstić information content (AvgIpc) is 2.42. The summed E-state index contributed by atoms with van der Waals surface area (Å²) in [5, 5.41) is 11.7. The number of hydrogen-bond acceptors (Lipinski definition) is 3. The van der Waals surface area contributed by atoms with Gasteiger partial charge in [0, 0.05) is 5.56 Å². The van der Waals surface area contributed by atoms with E-state index >= 15 is 0 Å². The average molecular weight is 270 g/mol. The third-order valence-corrected chi connectivity index (χ3v) is 3.30. The number of oxime groups is 1. The van der Waals surface area contributed by atoms with E-state index in [1.807, 2.05) is 31.2 Å². The first-order valence-electron chi connectivity index (χ1n) is 6.35. The van der Waals surface area contributed by atoms with E-state index in [9.17, 15) is 0 Å². The lowest BCUT2D eigenvalue weighted by molar-refractivity contribution is 0.318. The monoisotopic (exact) mass is 270 g/mol. The van der Waals surface area contributed by atoms with Crippen molar-refractivity contribution >= 4 is 5.84 Å². The van der Waals surface area contributed by atoms with Crippen LogP contribution in [-0.4, -0.2) is 11.0 Å². The lowest BCUT2D eigenvalue weighted by Crippen LogP contribution is -2.14. The van der Waals surface area contributed by atoms with E-state index < -0.39 is 0 Å². The highest BCUT2D eigenvalue weighted by atomic mass is 16.5. The molecule has 0 aliphatic rings. The van der Waals surface area contributed by atoms with Crippen molar-refractivity contribution in [3.8, 4) is 11.5 Å². The minimum Gasteiger partial charge on any atom is -0.457 e. The van der Waals surface area contributed by atoms with E-state index in [-0.39, 0.29) is 5.84 Å². The molecule has 0 aliphatic heterocycles. The summed E-state index contributed by atoms with van der Waals surface area (Å²) in [6.07, 6.45) is 0. The maximum absolute atomic E-state index is 8.71. The quantitative estimate of drug-likeness (QED) is 0.388. The van der Waals surface area contributed by atoms with Gasteiger partial charge in [-0.2, -0.15) is 0 Å². The van der Waals surface area contributed by atoms with Gasteiger partial charge in [-0.15, -0.1) is 0 Å². The number of nitrogens with two attached hydrogens (primary N) is 1. The van der Waals surface area contributed by atoms with Crippen LogP contribution in [0.3, 0.4) is 0 Å². The molecule has 2 aromatic rings. The summed E-state index contributed by atoms with van der Waals surface area (Å²) >= 11 is 0. The first kappa shape index (κ1) is 13.9. The van der Waals surface area contributed by atoms with Gasteiger partial charge >= 0.3 is 0 Å². The second kappa shape index (κ2) is 5.65. The van der Waals surface area contributed by atoms with E-state index in [0.29, 0.717) is 5.56 Å². The molecule has 0 bridgehead atoms. The highest BCUT2D eigenvalue weighted by molar-refractivity contribution is 5.98. The van der Waals surface area contributed by atoms with Crippen molar-refractivity contribution in [3.05, 3.63) is 58.7 Å². The zero-order valence-corrected chi connectivity index (χ0v) is 11.8. The molecule has 4 heteroatoms. The van der Waals surface area contributed by atoms with Gasteiger partial charge in [-0.1, -0.05) is 11.2 Å². The Morgan fingerprint density at radius 2 is 1.55 bits per heavy atom. The van der Waals surface area contributed by atoms with E-state index in [0.717, 1.165) is 17.1 Å². The number of nitrogens with zero attached hydrogens (tertiary/aromatic N) is 1. The SMILES string of the molecule is Cc1ccc(Oc2ccc(/C(N)=N/O)c(C)c2)cc1C. The molecule has 20 heavy (non-hydrogen) atoms. The molecule has 0 saturated heterocycles. The molecule has 104 valence electrons. The Morgan fingerprint density at radius 1 is 0.950 bits per heavy atom. The van der Waals surface area contributed by atoms with Gasteiger partial charge in [0.1, 0.15) is 11.5 Å². The Bertz CT molecular complexity index is 664. The molecule has 0 saturated carbocycles. The largest absolute Gasteiger partial charge is 0.457 e. The van der Waals surface area contributed by atoms with E-state index in [2.05, 4.69) is 19.0 Å². The number of amidine groups is 1. The molecule has 0 atom stereocenters. The molecule has 2 rings (SSSR count). The summed E-state index contributed by atoms with van der Waals surface area (Å²) in [5.41, 5.74) is 9.60. The van der Waals surface area contributed by atoms with Crippen molar-refractivity contribution in [2.75, 3.05) is 0 Å². The second-order valence-electron chi connectivity index (χ2n) is 4.81. The Hall–Kier alpha value is -2.49. The fourth-order valence-corrected chi connectivity index (χ4v) is 1.95. The second-order valence-corrected chi connectivity index (χ2v) is 4.81. The molecule has 0 unspecified atom stereocenters. The van der Waals surface area contributed by atoms with Crippen LogP contribution in [0, 0.1) is 20.8 Å². The van der Waals surface area contributed by atoms with Gasteiger partial charge in [-0.25, -0.2) is 0 Å². The molecule has 2 aromatic carbocycles. The standard InChI is InChI=1S/C16H18N2O2/c1-10-4-5-13(8-11(10)2)20-14-6-7-15(12(3)9-14)16(17)18-19/h4-9,19H,1-3H3,(H2,17,18). The van der Waals surface area contributed by atoms with Gasteiger partial charge in [-0.3, -0.25) is 0 Å². The molecule has 4 nitrogen and oxygen atoms in total. The highest BCUT2D eigenvalue weighted by Crippen LogP contribution is 2.25. The lowest BCUT2D eigenvalue weighted by atomic mass is 10.1. The van der Waals surface area contributed by atoms with Crippen molar-refractivity contribution in [2.45, 2.75) is 20.8 Å². The Morgan fingerprint density at radius 3 is 2.10 bits per heavy atom. The summed E-state index contributed by atoms with van der Waals surface area (Å²) in [7, 11) is 0. The zero-order valence-electron chi connectivity index (χ0n) is 11.8. The first-order chi connectivity index (χ1) is 9.51. The molecule has 0 amide bonds. The topological polar surface area (TPSA) is 67.8 Å². The van der Waals surface area contributed by atoms with Crippen LogP contribution in [0.2, 0.25) is 0 Å².